The molecule has 1 atom stereocenters. The average Bonchev–Trinajstić information content (AvgIpc) is 3.06. The zero-order valence-corrected chi connectivity index (χ0v) is 17.7. The van der Waals surface area contributed by atoms with Gasteiger partial charge in [0.1, 0.15) is 0 Å². The van der Waals surface area contributed by atoms with Crippen molar-refractivity contribution in [2.24, 2.45) is 5.92 Å². The highest BCUT2D eigenvalue weighted by molar-refractivity contribution is 5.98. The summed E-state index contributed by atoms with van der Waals surface area (Å²) >= 11 is 0. The molecule has 0 saturated carbocycles. The van der Waals surface area contributed by atoms with Gasteiger partial charge in [-0.3, -0.25) is 29.6 Å². The molecule has 31 heavy (non-hydrogen) atoms. The average molecular weight is 423 g/mol. The first-order chi connectivity index (χ1) is 14.7. The van der Waals surface area contributed by atoms with E-state index in [1.54, 1.807) is 25.1 Å². The number of aryl methyl sites for hydroxylation is 3. The minimum atomic E-state index is -0.751. The Labute approximate surface area is 180 Å². The number of carbonyl (C=O) groups is 4. The lowest BCUT2D eigenvalue weighted by Crippen LogP contribution is -2.43. The van der Waals surface area contributed by atoms with Crippen molar-refractivity contribution in [3.63, 3.8) is 0 Å². The fraction of sp³-hybridized carbons (Fsp3) is 0.304. The zero-order chi connectivity index (χ0) is 22.5. The summed E-state index contributed by atoms with van der Waals surface area (Å²) < 4.78 is 5.08. The fourth-order valence-corrected chi connectivity index (χ4v) is 3.48. The van der Waals surface area contributed by atoms with Crippen molar-refractivity contribution in [1.29, 1.82) is 0 Å². The maximum absolute atomic E-state index is 12.4. The molecule has 0 aliphatic carbocycles. The number of amides is 3. The minimum Gasteiger partial charge on any atom is -0.455 e. The fourth-order valence-electron chi connectivity index (χ4n) is 3.48. The van der Waals surface area contributed by atoms with Gasteiger partial charge in [-0.1, -0.05) is 24.3 Å². The number of ether oxygens (including phenoxy) is 1. The van der Waals surface area contributed by atoms with E-state index in [-0.39, 0.29) is 18.9 Å². The topological polar surface area (TPSA) is 105 Å². The molecule has 1 saturated heterocycles. The van der Waals surface area contributed by atoms with Gasteiger partial charge in [-0.15, -0.1) is 0 Å². The van der Waals surface area contributed by atoms with E-state index in [0.717, 1.165) is 21.7 Å². The number of hydrogen-bond acceptors (Lipinski definition) is 5. The molecule has 0 aromatic heterocycles. The lowest BCUT2D eigenvalue weighted by atomic mass is 10.1. The minimum absolute atomic E-state index is 0.00597. The monoisotopic (exact) mass is 423 g/mol. The first-order valence-corrected chi connectivity index (χ1v) is 9.94. The third-order valence-corrected chi connectivity index (χ3v) is 4.94. The Morgan fingerprint density at radius 2 is 1.74 bits per heavy atom. The second-order valence-electron chi connectivity index (χ2n) is 7.69. The molecule has 3 rings (SSSR count). The number of benzene rings is 2. The molecule has 0 radical (unpaired) electrons. The number of hydrogen-bond donors (Lipinski definition) is 2. The second kappa shape index (κ2) is 9.42. The van der Waals surface area contributed by atoms with Crippen LogP contribution in [0.4, 0.5) is 5.69 Å². The number of nitrogens with one attached hydrogen (secondary N) is 2. The van der Waals surface area contributed by atoms with Crippen LogP contribution in [0.25, 0.3) is 0 Å². The zero-order valence-electron chi connectivity index (χ0n) is 17.7. The van der Waals surface area contributed by atoms with Crippen LogP contribution >= 0.6 is 0 Å². The summed E-state index contributed by atoms with van der Waals surface area (Å²) in [5.41, 5.74) is 6.39. The van der Waals surface area contributed by atoms with E-state index in [1.165, 1.54) is 0 Å². The first kappa shape index (κ1) is 22.0. The summed E-state index contributed by atoms with van der Waals surface area (Å²) in [6, 6.07) is 12.6. The van der Waals surface area contributed by atoms with Gasteiger partial charge in [0.25, 0.3) is 11.8 Å². The molecule has 0 unspecified atom stereocenters. The van der Waals surface area contributed by atoms with E-state index in [4.69, 9.17) is 4.74 Å². The molecule has 2 N–H and O–H groups in total. The Hall–Kier alpha value is -3.68. The van der Waals surface area contributed by atoms with Gasteiger partial charge in [-0.2, -0.15) is 0 Å². The van der Waals surface area contributed by atoms with Crippen LogP contribution < -0.4 is 10.7 Å². The van der Waals surface area contributed by atoms with Crippen LogP contribution in [0.15, 0.2) is 42.5 Å². The van der Waals surface area contributed by atoms with Gasteiger partial charge < -0.3 is 10.1 Å². The molecule has 1 aliphatic rings. The highest BCUT2D eigenvalue weighted by Crippen LogP contribution is 2.19. The standard InChI is InChI=1S/C23H25N3O5/c1-14-8-15(2)10-18(9-14)24-20(27)13-31-23(30)17-11-21(28)26(12-17)25-22(29)19-7-5-4-6-16(19)3/h4-10,17H,11-13H2,1-3H3,(H,24,27)(H,25,29)/t17-/m1/s1. The Morgan fingerprint density at radius 3 is 2.42 bits per heavy atom. The smallest absolute Gasteiger partial charge is 0.311 e. The summed E-state index contributed by atoms with van der Waals surface area (Å²) in [4.78, 5) is 49.0. The third kappa shape index (κ3) is 5.69. The molecule has 1 aliphatic heterocycles. The van der Waals surface area contributed by atoms with Crippen LogP contribution in [-0.4, -0.2) is 41.9 Å². The maximum atomic E-state index is 12.4. The van der Waals surface area contributed by atoms with Gasteiger partial charge >= 0.3 is 5.97 Å². The largest absolute Gasteiger partial charge is 0.455 e. The molecule has 2 aromatic rings. The van der Waals surface area contributed by atoms with Gasteiger partial charge in [0.15, 0.2) is 6.61 Å². The molecular weight excluding hydrogens is 398 g/mol. The summed E-state index contributed by atoms with van der Waals surface area (Å²) in [5, 5.41) is 3.81. The van der Waals surface area contributed by atoms with E-state index in [0.29, 0.717) is 11.3 Å². The van der Waals surface area contributed by atoms with E-state index < -0.39 is 30.3 Å². The summed E-state index contributed by atoms with van der Waals surface area (Å²) in [7, 11) is 0. The van der Waals surface area contributed by atoms with Gasteiger partial charge in [0.05, 0.1) is 12.5 Å². The van der Waals surface area contributed by atoms with Gasteiger partial charge in [0.2, 0.25) is 5.91 Å². The van der Waals surface area contributed by atoms with Crippen LogP contribution in [0.3, 0.4) is 0 Å². The van der Waals surface area contributed by atoms with E-state index in [9.17, 15) is 19.2 Å². The lowest BCUT2D eigenvalue weighted by molar-refractivity contribution is -0.151. The highest BCUT2D eigenvalue weighted by atomic mass is 16.5. The van der Waals surface area contributed by atoms with Crippen molar-refractivity contribution in [1.82, 2.24) is 10.4 Å². The van der Waals surface area contributed by atoms with Crippen LogP contribution in [0.5, 0.6) is 0 Å². The van der Waals surface area contributed by atoms with Crippen molar-refractivity contribution < 1.29 is 23.9 Å². The molecule has 8 heteroatoms. The number of carbonyl (C=O) groups excluding carboxylic acids is 4. The maximum Gasteiger partial charge on any atom is 0.311 e. The second-order valence-corrected chi connectivity index (χ2v) is 7.69. The van der Waals surface area contributed by atoms with Crippen LogP contribution in [0.2, 0.25) is 0 Å². The Balaban J connectivity index is 1.50. The first-order valence-electron chi connectivity index (χ1n) is 9.94. The van der Waals surface area contributed by atoms with Crippen molar-refractivity contribution >= 4 is 29.4 Å². The van der Waals surface area contributed by atoms with Crippen LogP contribution in [0.1, 0.15) is 33.5 Å². The summed E-state index contributed by atoms with van der Waals surface area (Å²) in [5.74, 6) is -2.68. The molecule has 162 valence electrons. The van der Waals surface area contributed by atoms with E-state index >= 15 is 0 Å². The Bertz CT molecular complexity index is 1010. The van der Waals surface area contributed by atoms with E-state index in [1.807, 2.05) is 38.1 Å². The summed E-state index contributed by atoms with van der Waals surface area (Å²) in [6.07, 6.45) is -0.0917. The SMILES string of the molecule is Cc1cc(C)cc(NC(=O)COC(=O)[C@@H]2CC(=O)N(NC(=O)c3ccccc3C)C2)c1. The van der Waals surface area contributed by atoms with Gasteiger partial charge in [0, 0.05) is 17.7 Å². The molecule has 1 heterocycles. The van der Waals surface area contributed by atoms with Crippen molar-refractivity contribution in [2.75, 3.05) is 18.5 Å². The Kier molecular flexibility index (Phi) is 6.69. The molecule has 8 nitrogen and oxygen atoms in total. The van der Waals surface area contributed by atoms with Crippen LogP contribution in [-0.2, 0) is 19.1 Å². The van der Waals surface area contributed by atoms with Crippen LogP contribution in [0, 0.1) is 26.7 Å². The molecule has 3 amide bonds. The van der Waals surface area contributed by atoms with Crippen molar-refractivity contribution in [3.05, 3.63) is 64.7 Å². The molecule has 1 fully saturated rings. The number of rotatable bonds is 6. The normalized spacial score (nSPS) is 15.5. The lowest BCUT2D eigenvalue weighted by Gasteiger charge is -2.18. The van der Waals surface area contributed by atoms with Crippen molar-refractivity contribution in [3.8, 4) is 0 Å². The molecule has 2 aromatic carbocycles. The third-order valence-electron chi connectivity index (χ3n) is 4.94. The number of nitrogens with zero attached hydrogens (tertiary/aromatic N) is 1. The number of hydrazine groups is 1. The number of anilines is 1. The van der Waals surface area contributed by atoms with Gasteiger partial charge in [-0.05, 0) is 55.7 Å². The van der Waals surface area contributed by atoms with Crippen molar-refractivity contribution in [2.45, 2.75) is 27.2 Å². The quantitative estimate of drug-likeness (QED) is 0.694. The molecular formula is C23H25N3O5. The van der Waals surface area contributed by atoms with E-state index in [2.05, 4.69) is 10.7 Å². The summed E-state index contributed by atoms with van der Waals surface area (Å²) in [6.45, 7) is 5.18. The predicted octanol–water partition coefficient (Wildman–Crippen LogP) is 2.29. The predicted molar refractivity (Wildman–Crippen MR) is 114 cm³/mol. The molecule has 0 bridgehead atoms. The highest BCUT2D eigenvalue weighted by Gasteiger charge is 2.36. The molecule has 0 spiro atoms. The Morgan fingerprint density at radius 1 is 1.06 bits per heavy atom. The number of esters is 1. The van der Waals surface area contributed by atoms with Gasteiger partial charge in [-0.25, -0.2) is 0 Å².